The lowest BCUT2D eigenvalue weighted by molar-refractivity contribution is -0.143. The van der Waals surface area contributed by atoms with E-state index in [1.54, 1.807) is 12.1 Å². The van der Waals surface area contributed by atoms with Crippen LogP contribution in [-0.4, -0.2) is 90.6 Å². The van der Waals surface area contributed by atoms with Crippen LogP contribution in [0.3, 0.4) is 0 Å². The molecule has 0 radical (unpaired) electrons. The van der Waals surface area contributed by atoms with Gasteiger partial charge in [-0.05, 0) is 29.7 Å². The van der Waals surface area contributed by atoms with E-state index in [0.29, 0.717) is 30.9 Å². The van der Waals surface area contributed by atoms with Gasteiger partial charge in [0.2, 0.25) is 17.7 Å². The van der Waals surface area contributed by atoms with Gasteiger partial charge in [-0.25, -0.2) is 0 Å². The van der Waals surface area contributed by atoms with E-state index in [1.807, 2.05) is 18.8 Å². The molecular weight excluding hydrogens is 482 g/mol. The molecule has 2 saturated heterocycles. The molecule has 3 aliphatic rings. The van der Waals surface area contributed by atoms with Crippen molar-refractivity contribution in [1.82, 2.24) is 15.1 Å². The lowest BCUT2D eigenvalue weighted by atomic mass is 9.70. The zero-order chi connectivity index (χ0) is 27.1. The highest BCUT2D eigenvalue weighted by Crippen LogP contribution is 2.35. The molecule has 3 heterocycles. The molecule has 2 aromatic rings. The maximum atomic E-state index is 13.1. The summed E-state index contributed by atoms with van der Waals surface area (Å²) in [5.74, 6) is -0.423. The van der Waals surface area contributed by atoms with E-state index in [2.05, 4.69) is 41.0 Å². The molecule has 192 valence electrons. The number of hydrogen-bond donors (Lipinski definition) is 1. The number of morpholine rings is 1. The van der Waals surface area contributed by atoms with Crippen molar-refractivity contribution in [1.29, 1.82) is 0 Å². The number of nitrogens with zero attached hydrogens (tertiary/aromatic N) is 2. The number of fused-ring (bicyclic) bond motifs is 1. The summed E-state index contributed by atoms with van der Waals surface area (Å²) in [6.45, 7) is 1.50. The minimum atomic E-state index is -0.670. The molecule has 3 atom stereocenters. The van der Waals surface area contributed by atoms with Crippen LogP contribution in [0.25, 0.3) is 0 Å². The van der Waals surface area contributed by atoms with Crippen molar-refractivity contribution in [2.45, 2.75) is 37.4 Å². The van der Waals surface area contributed by atoms with Crippen LogP contribution in [0.2, 0.25) is 0 Å². The molecule has 1 N–H and O–H groups in total. The van der Waals surface area contributed by atoms with E-state index in [1.165, 1.54) is 4.90 Å². The molecular formula is C25H29B4N3O6. The minimum absolute atomic E-state index is 0.00200. The summed E-state index contributed by atoms with van der Waals surface area (Å²) in [7, 11) is 8.13. The molecule has 2 aromatic carbocycles. The normalized spacial score (nSPS) is 21.2. The fourth-order valence-corrected chi connectivity index (χ4v) is 5.92. The van der Waals surface area contributed by atoms with Crippen LogP contribution >= 0.6 is 0 Å². The van der Waals surface area contributed by atoms with Gasteiger partial charge >= 0.3 is 0 Å². The largest absolute Gasteiger partial charge is 0.495 e. The van der Waals surface area contributed by atoms with Crippen LogP contribution in [-0.2, 0) is 25.7 Å². The number of amides is 4. The molecule has 3 aliphatic heterocycles. The van der Waals surface area contributed by atoms with Crippen molar-refractivity contribution >= 4 is 65.9 Å². The Morgan fingerprint density at radius 3 is 2.50 bits per heavy atom. The fraction of sp³-hybridized carbons (Fsp3) is 0.360. The third kappa shape index (κ3) is 4.75. The van der Waals surface area contributed by atoms with E-state index in [9.17, 15) is 19.2 Å². The lowest BCUT2D eigenvalue weighted by Crippen LogP contribution is -2.52. The second-order valence-corrected chi connectivity index (χ2v) is 10.3. The number of ether oxygens (including phenoxy) is 2. The Labute approximate surface area is 225 Å². The molecule has 4 amide bonds. The van der Waals surface area contributed by atoms with E-state index in [-0.39, 0.29) is 49.2 Å². The number of imide groups is 1. The Morgan fingerprint density at radius 1 is 1.08 bits per heavy atom. The highest BCUT2D eigenvalue weighted by Gasteiger charge is 2.40. The molecule has 9 nitrogen and oxygen atoms in total. The second-order valence-electron chi connectivity index (χ2n) is 10.3. The van der Waals surface area contributed by atoms with Crippen molar-refractivity contribution in [2.24, 2.45) is 0 Å². The summed E-state index contributed by atoms with van der Waals surface area (Å²) in [4.78, 5) is 52.9. The average Bonchev–Trinajstić information content (AvgIpc) is 3.21. The first-order chi connectivity index (χ1) is 18.2. The molecule has 0 spiro atoms. The highest BCUT2D eigenvalue weighted by atomic mass is 16.5. The predicted octanol–water partition coefficient (Wildman–Crippen LogP) is -3.83. The van der Waals surface area contributed by atoms with Crippen LogP contribution in [0.4, 0.5) is 0 Å². The van der Waals surface area contributed by atoms with Crippen LogP contribution in [0, 0.1) is 0 Å². The standard InChI is InChI=1S/C25H29B4N3O6/c26-15-8-12(9-16(27)21(15)22(28)31-6-7-37-11-20(31)34)23(29)38-18-3-1-2-13-14(18)10-32(25(13)36)17-4-5-19(33)30-24(17)35/h1-3,8-9,17,22-23H,4-7,10-11,26-29H2,(H,30,33,35). The van der Waals surface area contributed by atoms with Crippen molar-refractivity contribution in [3.8, 4) is 5.75 Å². The molecule has 2 fully saturated rings. The van der Waals surface area contributed by atoms with Gasteiger partial charge in [-0.3, -0.25) is 24.5 Å². The number of nitrogens with one attached hydrogen (secondary N) is 1. The van der Waals surface area contributed by atoms with Gasteiger partial charge in [0.25, 0.3) is 5.91 Å². The second kappa shape index (κ2) is 10.4. The predicted molar refractivity (Wildman–Crippen MR) is 151 cm³/mol. The lowest BCUT2D eigenvalue weighted by Gasteiger charge is -2.35. The Morgan fingerprint density at radius 2 is 1.82 bits per heavy atom. The summed E-state index contributed by atoms with van der Waals surface area (Å²) >= 11 is 0. The van der Waals surface area contributed by atoms with Crippen molar-refractivity contribution in [2.75, 3.05) is 19.8 Å². The molecule has 3 unspecified atom stereocenters. The molecule has 0 aliphatic carbocycles. The molecule has 5 rings (SSSR count). The van der Waals surface area contributed by atoms with Crippen LogP contribution in [0.5, 0.6) is 5.75 Å². The van der Waals surface area contributed by atoms with Crippen LogP contribution in [0.1, 0.15) is 51.8 Å². The van der Waals surface area contributed by atoms with Gasteiger partial charge in [-0.1, -0.05) is 29.1 Å². The van der Waals surface area contributed by atoms with Gasteiger partial charge in [0, 0.05) is 30.0 Å². The fourth-order valence-electron chi connectivity index (χ4n) is 5.92. The maximum Gasteiger partial charge on any atom is 0.255 e. The first kappa shape index (κ1) is 26.2. The molecule has 0 aromatic heterocycles. The SMILES string of the molecule is Bc1cc(C(B)Oc2cccc3c2CN(C2CCC(=O)NC2=O)C3=O)cc(B)c1C(B)N1CCOCC1=O. The monoisotopic (exact) mass is 511 g/mol. The Kier molecular flexibility index (Phi) is 7.13. The number of piperidine rings is 1. The minimum Gasteiger partial charge on any atom is -0.495 e. The third-order valence-electron chi connectivity index (χ3n) is 7.84. The van der Waals surface area contributed by atoms with Gasteiger partial charge in [0.1, 0.15) is 41.9 Å². The van der Waals surface area contributed by atoms with Gasteiger partial charge in [0.05, 0.1) is 19.2 Å². The van der Waals surface area contributed by atoms with Gasteiger partial charge < -0.3 is 19.3 Å². The number of carbonyl (C=O) groups excluding carboxylic acids is 4. The Bertz CT molecular complexity index is 1320. The number of hydrogen-bond acceptors (Lipinski definition) is 6. The van der Waals surface area contributed by atoms with Crippen molar-refractivity contribution < 1.29 is 28.7 Å². The number of benzene rings is 2. The topological polar surface area (TPSA) is 105 Å². The molecule has 38 heavy (non-hydrogen) atoms. The quantitative estimate of drug-likeness (QED) is 0.315. The Hall–Kier alpha value is -3.46. The third-order valence-corrected chi connectivity index (χ3v) is 7.84. The molecule has 0 saturated carbocycles. The van der Waals surface area contributed by atoms with Crippen LogP contribution in [0.15, 0.2) is 30.3 Å². The zero-order valence-corrected chi connectivity index (χ0v) is 22.2. The first-order valence-electron chi connectivity index (χ1n) is 13.1. The smallest absolute Gasteiger partial charge is 0.255 e. The van der Waals surface area contributed by atoms with E-state index in [4.69, 9.17) is 9.47 Å². The average molecular weight is 511 g/mol. The van der Waals surface area contributed by atoms with E-state index >= 15 is 0 Å². The van der Waals surface area contributed by atoms with E-state index in [0.717, 1.165) is 27.6 Å². The summed E-state index contributed by atoms with van der Waals surface area (Å²) in [5, 5.41) is 2.34. The van der Waals surface area contributed by atoms with Gasteiger partial charge in [0.15, 0.2) is 7.85 Å². The van der Waals surface area contributed by atoms with Crippen LogP contribution < -0.4 is 21.0 Å². The zero-order valence-electron chi connectivity index (χ0n) is 22.2. The maximum absolute atomic E-state index is 13.1. The molecule has 13 heteroatoms. The summed E-state index contributed by atoms with van der Waals surface area (Å²) in [6.07, 6.45) is 0.528. The van der Waals surface area contributed by atoms with Gasteiger partial charge in [-0.15, -0.1) is 0 Å². The number of rotatable bonds is 6. The Balaban J connectivity index is 1.35. The summed E-state index contributed by atoms with van der Waals surface area (Å²) < 4.78 is 11.7. The first-order valence-corrected chi connectivity index (χ1v) is 13.1. The van der Waals surface area contributed by atoms with E-state index < -0.39 is 11.9 Å². The van der Waals surface area contributed by atoms with Crippen molar-refractivity contribution in [3.63, 3.8) is 0 Å². The van der Waals surface area contributed by atoms with Crippen molar-refractivity contribution in [3.05, 3.63) is 52.6 Å². The summed E-state index contributed by atoms with van der Waals surface area (Å²) in [6, 6.07) is 8.60. The summed E-state index contributed by atoms with van der Waals surface area (Å²) in [5.41, 5.74) is 5.56. The highest BCUT2D eigenvalue weighted by molar-refractivity contribution is 6.41. The molecule has 0 bridgehead atoms. The number of carbonyl (C=O) groups is 4. The van der Waals surface area contributed by atoms with Gasteiger partial charge in [-0.2, -0.15) is 0 Å².